The predicted octanol–water partition coefficient (Wildman–Crippen LogP) is -3.31. The van der Waals surface area contributed by atoms with Crippen LogP contribution in [0, 0.1) is 11.8 Å². The van der Waals surface area contributed by atoms with Crippen LogP contribution in [0.15, 0.2) is 30.0 Å². The first-order valence-electron chi connectivity index (χ1n) is 20.0. The van der Waals surface area contributed by atoms with Crippen molar-refractivity contribution in [2.75, 3.05) is 13.2 Å². The maximum Gasteiger partial charge on any atom is 0.245 e. The molecule has 2 rings (SSSR count). The van der Waals surface area contributed by atoms with E-state index in [2.05, 4.69) is 62.1 Å². The van der Waals surface area contributed by atoms with Gasteiger partial charge in [0, 0.05) is 50.1 Å². The number of guanidine groups is 1. The van der Waals surface area contributed by atoms with Crippen LogP contribution in [-0.2, 0) is 51.2 Å². The lowest BCUT2D eigenvalue weighted by atomic mass is 10.00. The van der Waals surface area contributed by atoms with Crippen molar-refractivity contribution in [3.63, 3.8) is 0 Å². The number of nitrogens with two attached hydrogens (primary N) is 2. The van der Waals surface area contributed by atoms with Gasteiger partial charge in [-0.15, -0.1) is 0 Å². The third-order valence-electron chi connectivity index (χ3n) is 8.99. The van der Waals surface area contributed by atoms with Crippen LogP contribution in [-0.4, -0.2) is 134 Å². The maximum absolute atomic E-state index is 14.1. The molecule has 0 saturated heterocycles. The summed E-state index contributed by atoms with van der Waals surface area (Å²) in [6, 6.07) is -8.34. The van der Waals surface area contributed by atoms with Crippen LogP contribution in [0.1, 0.15) is 78.6 Å². The maximum atomic E-state index is 14.1. The average molecular weight is 859 g/mol. The average Bonchev–Trinajstić information content (AvgIpc) is 3.91. The summed E-state index contributed by atoms with van der Waals surface area (Å²) in [5.74, 6) is -5.43. The standard InChI is InChI=1S/C38H62N14O9/c1-20(2)10-27(33(57)46-22(5)32(56)48-24(16-53)8-7-9-43-38(39)40)49-35(59)29(12-25-14-41-18-44-25)51-34(58)28(11-21(3)4)50-36(60)30(13-26-15-42-19-45-26)52-37(61)31(17-54)47-23(6)55/h14-16,18-22,24,27-31,54H,7-13,17H2,1-6H3,(H,41,44)(H,42,45)(H,46,57)(H,47,55)(H,48,56)(H,49,59)(H,50,60)(H,51,58)(H,52,61)(H4,39,40,43)/t22-,24-,27-,28-,29-,30-,31-/m0/s1. The molecular weight excluding hydrogens is 797 g/mol. The predicted molar refractivity (Wildman–Crippen MR) is 221 cm³/mol. The molecule has 0 unspecified atom stereocenters. The zero-order valence-electron chi connectivity index (χ0n) is 35.4. The van der Waals surface area contributed by atoms with Crippen molar-refractivity contribution in [1.29, 1.82) is 0 Å². The largest absolute Gasteiger partial charge is 0.394 e. The van der Waals surface area contributed by atoms with Gasteiger partial charge in [0.15, 0.2) is 5.96 Å². The molecule has 14 N–H and O–H groups in total. The SMILES string of the molecule is CC(=O)N[C@@H](CO)C(=O)N[C@@H](Cc1cnc[nH]1)C(=O)N[C@@H](CC(C)C)C(=O)N[C@@H](Cc1cnc[nH]1)C(=O)N[C@@H](CC(C)C)C(=O)N[C@@H](C)C(=O)N[C@H](C=O)CCCN=C(N)N. The van der Waals surface area contributed by atoms with E-state index in [1.807, 2.05) is 27.7 Å². The van der Waals surface area contributed by atoms with Gasteiger partial charge in [0.05, 0.1) is 25.3 Å². The molecule has 2 aromatic heterocycles. The minimum Gasteiger partial charge on any atom is -0.394 e. The number of rotatable bonds is 27. The lowest BCUT2D eigenvalue weighted by molar-refractivity contribution is -0.136. The number of carbonyl (C=O) groups is 8. The molecular formula is C38H62N14O9. The Balaban J connectivity index is 2.30. The second-order valence-corrected chi connectivity index (χ2v) is 15.4. The highest BCUT2D eigenvalue weighted by atomic mass is 16.3. The number of amides is 7. The van der Waals surface area contributed by atoms with Crippen molar-refractivity contribution < 1.29 is 43.5 Å². The number of imidazole rings is 2. The Morgan fingerprint density at radius 2 is 1.11 bits per heavy atom. The van der Waals surface area contributed by atoms with E-state index >= 15 is 0 Å². The number of hydrogen-bond donors (Lipinski definition) is 12. The van der Waals surface area contributed by atoms with Gasteiger partial charge in [0.2, 0.25) is 41.4 Å². The van der Waals surface area contributed by atoms with Crippen LogP contribution in [0.4, 0.5) is 0 Å². The van der Waals surface area contributed by atoms with E-state index in [4.69, 9.17) is 11.5 Å². The molecule has 0 aromatic carbocycles. The molecule has 0 bridgehead atoms. The normalized spacial score (nSPS) is 14.5. The van der Waals surface area contributed by atoms with E-state index in [0.717, 1.165) is 6.92 Å². The van der Waals surface area contributed by atoms with E-state index in [1.54, 1.807) is 0 Å². The molecule has 61 heavy (non-hydrogen) atoms. The van der Waals surface area contributed by atoms with Crippen LogP contribution >= 0.6 is 0 Å². The number of aromatic amines is 2. The fraction of sp³-hybridized carbons (Fsp3) is 0.605. The molecule has 0 spiro atoms. The zero-order valence-corrected chi connectivity index (χ0v) is 35.4. The second kappa shape index (κ2) is 26.0. The van der Waals surface area contributed by atoms with Gasteiger partial charge in [-0.2, -0.15) is 0 Å². The number of aromatic nitrogens is 4. The number of carbonyl (C=O) groups excluding carboxylic acids is 8. The summed E-state index contributed by atoms with van der Waals surface area (Å²) < 4.78 is 0. The van der Waals surface area contributed by atoms with Gasteiger partial charge in [0.1, 0.15) is 42.5 Å². The molecule has 23 nitrogen and oxygen atoms in total. The summed E-state index contributed by atoms with van der Waals surface area (Å²) in [5, 5.41) is 27.8. The van der Waals surface area contributed by atoms with Gasteiger partial charge >= 0.3 is 0 Å². The molecule has 0 aliphatic heterocycles. The topological polar surface area (TPSA) is 363 Å². The molecule has 0 saturated carbocycles. The number of aliphatic hydroxyl groups is 1. The Labute approximate surface area is 354 Å². The third-order valence-corrected chi connectivity index (χ3v) is 8.99. The number of nitrogens with one attached hydrogen (secondary N) is 9. The minimum atomic E-state index is -1.36. The first kappa shape index (κ1) is 50.8. The highest BCUT2D eigenvalue weighted by molar-refractivity contribution is 5.97. The number of aliphatic imine (C=N–C) groups is 1. The molecule has 338 valence electrons. The monoisotopic (exact) mass is 858 g/mol. The highest BCUT2D eigenvalue weighted by Crippen LogP contribution is 2.11. The first-order valence-corrected chi connectivity index (χ1v) is 20.0. The van der Waals surface area contributed by atoms with Gasteiger partial charge in [-0.1, -0.05) is 27.7 Å². The quantitative estimate of drug-likeness (QED) is 0.0181. The van der Waals surface area contributed by atoms with Crippen molar-refractivity contribution in [2.24, 2.45) is 28.3 Å². The molecule has 0 aliphatic carbocycles. The Bertz CT molecular complexity index is 1760. The van der Waals surface area contributed by atoms with Crippen molar-refractivity contribution in [1.82, 2.24) is 57.2 Å². The van der Waals surface area contributed by atoms with Gasteiger partial charge in [0.25, 0.3) is 0 Å². The number of aldehydes is 1. The Kier molecular flexibility index (Phi) is 21.6. The molecule has 7 amide bonds. The second-order valence-electron chi connectivity index (χ2n) is 15.4. The summed E-state index contributed by atoms with van der Waals surface area (Å²) in [5.41, 5.74) is 11.6. The van der Waals surface area contributed by atoms with Crippen molar-refractivity contribution >= 4 is 53.6 Å². The fourth-order valence-corrected chi connectivity index (χ4v) is 5.97. The van der Waals surface area contributed by atoms with Crippen LogP contribution in [0.3, 0.4) is 0 Å². The Hall–Kier alpha value is -6.39. The molecule has 0 radical (unpaired) electrons. The van der Waals surface area contributed by atoms with Crippen LogP contribution < -0.4 is 48.7 Å². The van der Waals surface area contributed by atoms with E-state index < -0.39 is 90.3 Å². The number of H-pyrrole nitrogens is 2. The molecule has 0 aliphatic rings. The van der Waals surface area contributed by atoms with Crippen LogP contribution in [0.25, 0.3) is 0 Å². The lowest BCUT2D eigenvalue weighted by Crippen LogP contribution is -2.60. The van der Waals surface area contributed by atoms with Crippen LogP contribution in [0.2, 0.25) is 0 Å². The van der Waals surface area contributed by atoms with Crippen molar-refractivity contribution in [2.45, 2.75) is 122 Å². The third kappa shape index (κ3) is 19.0. The van der Waals surface area contributed by atoms with Crippen molar-refractivity contribution in [3.8, 4) is 0 Å². The Morgan fingerprint density at radius 1 is 0.672 bits per heavy atom. The van der Waals surface area contributed by atoms with E-state index in [1.165, 1.54) is 32.0 Å². The number of aliphatic hydroxyl groups excluding tert-OH is 1. The van der Waals surface area contributed by atoms with E-state index in [-0.39, 0.29) is 56.4 Å². The van der Waals surface area contributed by atoms with E-state index in [0.29, 0.717) is 24.1 Å². The van der Waals surface area contributed by atoms with E-state index in [9.17, 15) is 43.5 Å². The molecule has 0 fully saturated rings. The number of nitrogens with zero attached hydrogens (tertiary/aromatic N) is 3. The molecule has 23 heteroatoms. The first-order chi connectivity index (χ1) is 28.8. The highest BCUT2D eigenvalue weighted by Gasteiger charge is 2.34. The molecule has 7 atom stereocenters. The van der Waals surface area contributed by atoms with Gasteiger partial charge in [-0.25, -0.2) is 9.97 Å². The summed E-state index contributed by atoms with van der Waals surface area (Å²) in [6.45, 7) is 9.37. The number of hydrogen-bond acceptors (Lipinski definition) is 12. The summed E-state index contributed by atoms with van der Waals surface area (Å²) in [4.78, 5) is 122. The summed E-state index contributed by atoms with van der Waals surface area (Å²) in [6.07, 6.45) is 6.91. The van der Waals surface area contributed by atoms with Crippen LogP contribution in [0.5, 0.6) is 0 Å². The fourth-order valence-electron chi connectivity index (χ4n) is 5.97. The van der Waals surface area contributed by atoms with Gasteiger partial charge in [-0.3, -0.25) is 38.6 Å². The van der Waals surface area contributed by atoms with Gasteiger partial charge < -0.3 is 68.6 Å². The smallest absolute Gasteiger partial charge is 0.245 e. The molecule has 2 heterocycles. The van der Waals surface area contributed by atoms with Crippen molar-refractivity contribution in [3.05, 3.63) is 36.4 Å². The summed E-state index contributed by atoms with van der Waals surface area (Å²) >= 11 is 0. The summed E-state index contributed by atoms with van der Waals surface area (Å²) in [7, 11) is 0. The molecule has 2 aromatic rings. The van der Waals surface area contributed by atoms with Gasteiger partial charge in [-0.05, 0) is 44.4 Å². The Morgan fingerprint density at radius 3 is 1.51 bits per heavy atom. The zero-order chi connectivity index (χ0) is 45.6. The lowest BCUT2D eigenvalue weighted by Gasteiger charge is -2.28. The minimum absolute atomic E-state index is 0.101.